The number of hydrogen-bond donors (Lipinski definition) is 2. The first-order valence-electron chi connectivity index (χ1n) is 5.18. The van der Waals surface area contributed by atoms with Crippen LogP contribution in [0.25, 0.3) is 0 Å². The summed E-state index contributed by atoms with van der Waals surface area (Å²) in [6.45, 7) is 2.27. The molecule has 0 aliphatic carbocycles. The van der Waals surface area contributed by atoms with Crippen LogP contribution in [0.4, 0.5) is 0 Å². The van der Waals surface area contributed by atoms with Gasteiger partial charge in [0.05, 0.1) is 18.8 Å². The number of aromatic nitrogens is 3. The third-order valence-corrected chi connectivity index (χ3v) is 2.07. The van der Waals surface area contributed by atoms with E-state index in [1.807, 2.05) is 0 Å². The molecule has 94 valence electrons. The molecule has 0 unspecified atom stereocenters. The molecule has 1 rings (SSSR count). The van der Waals surface area contributed by atoms with Crippen molar-refractivity contribution in [1.29, 1.82) is 0 Å². The van der Waals surface area contributed by atoms with Crippen LogP contribution in [0, 0.1) is 0 Å². The highest BCUT2D eigenvalue weighted by atomic mass is 16.5. The van der Waals surface area contributed by atoms with Crippen molar-refractivity contribution in [2.75, 3.05) is 6.61 Å². The van der Waals surface area contributed by atoms with E-state index in [0.29, 0.717) is 5.69 Å². The SMILES string of the molecule is CCOC(=O)c1nnn(CCC(N)=O)c1CN. The maximum Gasteiger partial charge on any atom is 0.360 e. The summed E-state index contributed by atoms with van der Waals surface area (Å²) in [5.41, 5.74) is 11.1. The van der Waals surface area contributed by atoms with E-state index in [1.165, 1.54) is 4.68 Å². The van der Waals surface area contributed by atoms with E-state index >= 15 is 0 Å². The highest BCUT2D eigenvalue weighted by Gasteiger charge is 2.19. The Bertz CT molecular complexity index is 415. The zero-order valence-electron chi connectivity index (χ0n) is 9.55. The van der Waals surface area contributed by atoms with Gasteiger partial charge in [-0.25, -0.2) is 9.48 Å². The molecule has 17 heavy (non-hydrogen) atoms. The molecule has 8 nitrogen and oxygen atoms in total. The minimum Gasteiger partial charge on any atom is -0.461 e. The topological polar surface area (TPSA) is 126 Å². The number of carbonyl (C=O) groups is 2. The molecular formula is C9H15N5O3. The van der Waals surface area contributed by atoms with Gasteiger partial charge in [0.2, 0.25) is 5.91 Å². The summed E-state index contributed by atoms with van der Waals surface area (Å²) in [7, 11) is 0. The van der Waals surface area contributed by atoms with Gasteiger partial charge in [-0.3, -0.25) is 4.79 Å². The van der Waals surface area contributed by atoms with Crippen LogP contribution in [0.5, 0.6) is 0 Å². The molecule has 0 saturated carbocycles. The van der Waals surface area contributed by atoms with Gasteiger partial charge in [-0.05, 0) is 6.92 Å². The zero-order valence-corrected chi connectivity index (χ0v) is 9.55. The summed E-state index contributed by atoms with van der Waals surface area (Å²) in [6, 6.07) is 0. The van der Waals surface area contributed by atoms with E-state index < -0.39 is 11.9 Å². The molecule has 1 aromatic heterocycles. The van der Waals surface area contributed by atoms with Gasteiger partial charge in [0, 0.05) is 13.0 Å². The Balaban J connectivity index is 2.86. The molecule has 0 aromatic carbocycles. The molecular weight excluding hydrogens is 226 g/mol. The van der Waals surface area contributed by atoms with Crippen LogP contribution in [-0.4, -0.2) is 33.5 Å². The standard InChI is InChI=1S/C9H15N5O3/c1-2-17-9(16)8-6(5-10)14(13-12-8)4-3-7(11)15/h2-5,10H2,1H3,(H2,11,15). The summed E-state index contributed by atoms with van der Waals surface area (Å²) in [5.74, 6) is -1.03. The lowest BCUT2D eigenvalue weighted by Crippen LogP contribution is -2.18. The van der Waals surface area contributed by atoms with Crippen LogP contribution in [0.1, 0.15) is 29.5 Å². The average molecular weight is 241 g/mol. The number of ether oxygens (including phenoxy) is 1. The third kappa shape index (κ3) is 3.25. The van der Waals surface area contributed by atoms with Crippen molar-refractivity contribution in [3.05, 3.63) is 11.4 Å². The summed E-state index contributed by atoms with van der Waals surface area (Å²) in [6.07, 6.45) is 0.110. The van der Waals surface area contributed by atoms with Gasteiger partial charge in [0.1, 0.15) is 0 Å². The second-order valence-electron chi connectivity index (χ2n) is 3.25. The van der Waals surface area contributed by atoms with Gasteiger partial charge in [0.15, 0.2) is 5.69 Å². The van der Waals surface area contributed by atoms with Gasteiger partial charge < -0.3 is 16.2 Å². The number of hydrogen-bond acceptors (Lipinski definition) is 6. The second-order valence-corrected chi connectivity index (χ2v) is 3.25. The zero-order chi connectivity index (χ0) is 12.8. The molecule has 0 aliphatic rings. The van der Waals surface area contributed by atoms with Gasteiger partial charge in [0.25, 0.3) is 0 Å². The number of aryl methyl sites for hydroxylation is 1. The van der Waals surface area contributed by atoms with Crippen molar-refractivity contribution in [3.63, 3.8) is 0 Å². The monoisotopic (exact) mass is 241 g/mol. The van der Waals surface area contributed by atoms with Crippen molar-refractivity contribution in [2.45, 2.75) is 26.4 Å². The maximum absolute atomic E-state index is 11.5. The van der Waals surface area contributed by atoms with Crippen LogP contribution in [-0.2, 0) is 22.6 Å². The minimum atomic E-state index is -0.571. The Morgan fingerprint density at radius 1 is 1.47 bits per heavy atom. The number of carbonyl (C=O) groups excluding carboxylic acids is 2. The first kappa shape index (κ1) is 13.1. The van der Waals surface area contributed by atoms with Crippen molar-refractivity contribution < 1.29 is 14.3 Å². The van der Waals surface area contributed by atoms with E-state index in [2.05, 4.69) is 10.3 Å². The second kappa shape index (κ2) is 5.94. The number of nitrogens with two attached hydrogens (primary N) is 2. The first-order valence-corrected chi connectivity index (χ1v) is 5.18. The molecule has 0 bridgehead atoms. The third-order valence-electron chi connectivity index (χ3n) is 2.07. The van der Waals surface area contributed by atoms with E-state index in [9.17, 15) is 9.59 Å². The van der Waals surface area contributed by atoms with Crippen molar-refractivity contribution in [3.8, 4) is 0 Å². The van der Waals surface area contributed by atoms with Crippen LogP contribution in [0.3, 0.4) is 0 Å². The van der Waals surface area contributed by atoms with Gasteiger partial charge in [-0.1, -0.05) is 5.21 Å². The maximum atomic E-state index is 11.5. The molecule has 0 fully saturated rings. The first-order chi connectivity index (χ1) is 8.10. The Morgan fingerprint density at radius 2 is 2.18 bits per heavy atom. The van der Waals surface area contributed by atoms with Crippen LogP contribution >= 0.6 is 0 Å². The molecule has 0 radical (unpaired) electrons. The average Bonchev–Trinajstić information content (AvgIpc) is 2.69. The molecule has 0 saturated heterocycles. The molecule has 0 atom stereocenters. The van der Waals surface area contributed by atoms with Gasteiger partial charge in [-0.15, -0.1) is 5.10 Å². The fourth-order valence-corrected chi connectivity index (χ4v) is 1.29. The van der Waals surface area contributed by atoms with Gasteiger partial charge in [-0.2, -0.15) is 0 Å². The lowest BCUT2D eigenvalue weighted by atomic mass is 10.3. The van der Waals surface area contributed by atoms with Crippen molar-refractivity contribution in [2.24, 2.45) is 11.5 Å². The fraction of sp³-hybridized carbons (Fsp3) is 0.556. The highest BCUT2D eigenvalue weighted by Crippen LogP contribution is 2.07. The normalized spacial score (nSPS) is 10.2. The van der Waals surface area contributed by atoms with Crippen molar-refractivity contribution >= 4 is 11.9 Å². The molecule has 0 aliphatic heterocycles. The van der Waals surface area contributed by atoms with Gasteiger partial charge >= 0.3 is 5.97 Å². The predicted octanol–water partition coefficient (Wildman–Crippen LogP) is -1.21. The van der Waals surface area contributed by atoms with Crippen molar-refractivity contribution in [1.82, 2.24) is 15.0 Å². The number of nitrogens with zero attached hydrogens (tertiary/aromatic N) is 3. The molecule has 4 N–H and O–H groups in total. The molecule has 1 aromatic rings. The van der Waals surface area contributed by atoms with E-state index in [4.69, 9.17) is 16.2 Å². The van der Waals surface area contributed by atoms with E-state index in [1.54, 1.807) is 6.92 Å². The largest absolute Gasteiger partial charge is 0.461 e. The number of amides is 1. The number of primary amides is 1. The molecule has 1 amide bonds. The Labute approximate surface area is 97.9 Å². The van der Waals surface area contributed by atoms with E-state index in [-0.39, 0.29) is 31.8 Å². The quantitative estimate of drug-likeness (QED) is 0.602. The van der Waals surface area contributed by atoms with Crippen LogP contribution in [0.2, 0.25) is 0 Å². The minimum absolute atomic E-state index is 0.0822. The van der Waals surface area contributed by atoms with Crippen LogP contribution in [0.15, 0.2) is 0 Å². The molecule has 1 heterocycles. The van der Waals surface area contributed by atoms with E-state index in [0.717, 1.165) is 0 Å². The summed E-state index contributed by atoms with van der Waals surface area (Å²) >= 11 is 0. The highest BCUT2D eigenvalue weighted by molar-refractivity contribution is 5.88. The predicted molar refractivity (Wildman–Crippen MR) is 57.7 cm³/mol. The smallest absolute Gasteiger partial charge is 0.360 e. The number of esters is 1. The van der Waals surface area contributed by atoms with Crippen LogP contribution < -0.4 is 11.5 Å². The lowest BCUT2D eigenvalue weighted by Gasteiger charge is -2.04. The Morgan fingerprint density at radius 3 is 2.71 bits per heavy atom. The Kier molecular flexibility index (Phi) is 4.58. The summed E-state index contributed by atoms with van der Waals surface area (Å²) in [4.78, 5) is 22.1. The molecule has 0 spiro atoms. The number of rotatable bonds is 6. The fourth-order valence-electron chi connectivity index (χ4n) is 1.29. The lowest BCUT2D eigenvalue weighted by molar-refractivity contribution is -0.118. The molecule has 8 heteroatoms. The summed E-state index contributed by atoms with van der Waals surface area (Å²) < 4.78 is 6.19. The Hall–Kier alpha value is -1.96. The summed E-state index contributed by atoms with van der Waals surface area (Å²) in [5, 5.41) is 7.43.